The molecule has 94 valence electrons. The molecule has 0 aromatic heterocycles. The summed E-state index contributed by atoms with van der Waals surface area (Å²) in [5, 5.41) is 9.56. The zero-order valence-electron chi connectivity index (χ0n) is 9.89. The highest BCUT2D eigenvalue weighted by Crippen LogP contribution is 2.27. The predicted molar refractivity (Wildman–Crippen MR) is 61.1 cm³/mol. The van der Waals surface area contributed by atoms with Gasteiger partial charge in [-0.2, -0.15) is 17.0 Å². The second kappa shape index (κ2) is 3.94. The van der Waals surface area contributed by atoms with Gasteiger partial charge in [0.2, 0.25) is 0 Å². The second-order valence-corrected chi connectivity index (χ2v) is 7.28. The van der Waals surface area contributed by atoms with Crippen LogP contribution >= 0.6 is 0 Å². The molecule has 6 heteroatoms. The van der Waals surface area contributed by atoms with Crippen LogP contribution in [0.3, 0.4) is 0 Å². The van der Waals surface area contributed by atoms with Crippen LogP contribution in [-0.2, 0) is 10.2 Å². The molecule has 0 amide bonds. The maximum atomic E-state index is 12.1. The second-order valence-electron chi connectivity index (χ2n) is 5.35. The lowest BCUT2D eigenvalue weighted by molar-refractivity contribution is -0.0454. The van der Waals surface area contributed by atoms with Gasteiger partial charge in [-0.3, -0.25) is 0 Å². The van der Waals surface area contributed by atoms with Crippen molar-refractivity contribution in [3.8, 4) is 0 Å². The molecule has 2 saturated heterocycles. The van der Waals surface area contributed by atoms with Gasteiger partial charge in [-0.05, 0) is 25.7 Å². The number of nitrogens with zero attached hydrogens (tertiary/aromatic N) is 2. The number of piperidine rings is 1. The van der Waals surface area contributed by atoms with Crippen molar-refractivity contribution in [1.29, 1.82) is 0 Å². The number of hydrogen-bond acceptors (Lipinski definition) is 3. The molecule has 2 rings (SSSR count). The Morgan fingerprint density at radius 1 is 1.19 bits per heavy atom. The molecular weight excluding hydrogens is 228 g/mol. The molecule has 0 spiro atoms. The molecule has 2 fully saturated rings. The maximum absolute atomic E-state index is 12.1. The summed E-state index contributed by atoms with van der Waals surface area (Å²) < 4.78 is 27.1. The van der Waals surface area contributed by atoms with Gasteiger partial charge < -0.3 is 5.11 Å². The Morgan fingerprint density at radius 3 is 2.12 bits per heavy atom. The number of β-amino-alcohol motifs (C(OH)–C–C–N with tert-alkyl or cyclic N) is 1. The van der Waals surface area contributed by atoms with Crippen molar-refractivity contribution in [2.45, 2.75) is 32.3 Å². The van der Waals surface area contributed by atoms with Gasteiger partial charge in [0.1, 0.15) is 0 Å². The van der Waals surface area contributed by atoms with Crippen molar-refractivity contribution in [3.63, 3.8) is 0 Å². The van der Waals surface area contributed by atoms with E-state index in [2.05, 4.69) is 6.92 Å². The minimum Gasteiger partial charge on any atom is -0.387 e. The van der Waals surface area contributed by atoms with E-state index in [0.717, 1.165) is 12.8 Å². The highest BCUT2D eigenvalue weighted by atomic mass is 32.2. The molecule has 5 nitrogen and oxygen atoms in total. The minimum atomic E-state index is -3.31. The number of rotatable bonds is 2. The summed E-state index contributed by atoms with van der Waals surface area (Å²) >= 11 is 0. The summed E-state index contributed by atoms with van der Waals surface area (Å²) in [5.74, 6) is 0.617. The average Bonchev–Trinajstić information content (AvgIpc) is 2.14. The van der Waals surface area contributed by atoms with Crippen molar-refractivity contribution in [1.82, 2.24) is 8.61 Å². The van der Waals surface area contributed by atoms with Gasteiger partial charge in [0.05, 0.1) is 5.60 Å². The zero-order chi connectivity index (χ0) is 12.0. The summed E-state index contributed by atoms with van der Waals surface area (Å²) in [6.07, 6.45) is 1.87. The van der Waals surface area contributed by atoms with Crippen LogP contribution in [-0.4, -0.2) is 53.9 Å². The molecule has 2 heterocycles. The van der Waals surface area contributed by atoms with E-state index in [1.807, 2.05) is 0 Å². The van der Waals surface area contributed by atoms with Crippen molar-refractivity contribution < 1.29 is 13.5 Å². The third-order valence-electron chi connectivity index (χ3n) is 3.43. The fourth-order valence-electron chi connectivity index (χ4n) is 2.26. The smallest absolute Gasteiger partial charge is 0.282 e. The van der Waals surface area contributed by atoms with Crippen LogP contribution in [0.1, 0.15) is 26.7 Å². The fourth-order valence-corrected chi connectivity index (χ4v) is 4.14. The Labute approximate surface area is 97.2 Å². The molecule has 0 saturated carbocycles. The van der Waals surface area contributed by atoms with E-state index in [9.17, 15) is 13.5 Å². The summed E-state index contributed by atoms with van der Waals surface area (Å²) in [6, 6.07) is 0. The summed E-state index contributed by atoms with van der Waals surface area (Å²) in [6.45, 7) is 5.49. The molecule has 16 heavy (non-hydrogen) atoms. The molecule has 2 aliphatic heterocycles. The van der Waals surface area contributed by atoms with E-state index in [4.69, 9.17) is 0 Å². The predicted octanol–water partition coefficient (Wildman–Crippen LogP) is 0.0297. The Balaban J connectivity index is 1.98. The van der Waals surface area contributed by atoms with Gasteiger partial charge >= 0.3 is 0 Å². The summed E-state index contributed by atoms with van der Waals surface area (Å²) in [7, 11) is -3.31. The lowest BCUT2D eigenvalue weighted by Gasteiger charge is -2.45. The Morgan fingerprint density at radius 2 is 1.69 bits per heavy atom. The molecule has 0 bridgehead atoms. The first kappa shape index (κ1) is 12.3. The van der Waals surface area contributed by atoms with Crippen LogP contribution in [0.4, 0.5) is 0 Å². The normalized spacial score (nSPS) is 28.9. The van der Waals surface area contributed by atoms with E-state index >= 15 is 0 Å². The van der Waals surface area contributed by atoms with E-state index < -0.39 is 15.8 Å². The highest BCUT2D eigenvalue weighted by molar-refractivity contribution is 7.86. The van der Waals surface area contributed by atoms with Crippen LogP contribution in [0.25, 0.3) is 0 Å². The monoisotopic (exact) mass is 248 g/mol. The molecule has 1 N–H and O–H groups in total. The fraction of sp³-hybridized carbons (Fsp3) is 1.00. The van der Waals surface area contributed by atoms with Gasteiger partial charge in [0, 0.05) is 26.2 Å². The summed E-state index contributed by atoms with van der Waals surface area (Å²) in [4.78, 5) is 0. The maximum Gasteiger partial charge on any atom is 0.282 e. The first-order valence-electron chi connectivity index (χ1n) is 5.79. The van der Waals surface area contributed by atoms with E-state index in [0.29, 0.717) is 19.0 Å². The standard InChI is InChI=1S/C10H20N2O3S/c1-9-3-5-11(6-4-9)16(14,15)12-7-10(2,13)8-12/h9,13H,3-8H2,1-2H3. The quantitative estimate of drug-likeness (QED) is 0.750. The summed E-state index contributed by atoms with van der Waals surface area (Å²) in [5.41, 5.74) is -0.837. The topological polar surface area (TPSA) is 60.9 Å². The van der Waals surface area contributed by atoms with Crippen molar-refractivity contribution in [2.75, 3.05) is 26.2 Å². The van der Waals surface area contributed by atoms with Gasteiger partial charge in [0.15, 0.2) is 0 Å². The lowest BCUT2D eigenvalue weighted by Crippen LogP contribution is -2.64. The third-order valence-corrected chi connectivity index (χ3v) is 5.36. The van der Waals surface area contributed by atoms with E-state index in [-0.39, 0.29) is 13.1 Å². The molecular formula is C10H20N2O3S. The Bertz CT molecular complexity index is 350. The molecule has 0 atom stereocenters. The van der Waals surface area contributed by atoms with Crippen molar-refractivity contribution in [3.05, 3.63) is 0 Å². The minimum absolute atomic E-state index is 0.224. The van der Waals surface area contributed by atoms with Crippen molar-refractivity contribution >= 4 is 10.2 Å². The largest absolute Gasteiger partial charge is 0.387 e. The molecule has 0 aliphatic carbocycles. The van der Waals surface area contributed by atoms with Crippen LogP contribution in [0.5, 0.6) is 0 Å². The first-order chi connectivity index (χ1) is 7.31. The molecule has 2 aliphatic rings. The zero-order valence-corrected chi connectivity index (χ0v) is 10.7. The average molecular weight is 248 g/mol. The highest BCUT2D eigenvalue weighted by Gasteiger charge is 2.45. The van der Waals surface area contributed by atoms with E-state index in [1.165, 1.54) is 4.31 Å². The molecule has 0 aromatic carbocycles. The van der Waals surface area contributed by atoms with Crippen LogP contribution in [0.15, 0.2) is 0 Å². The van der Waals surface area contributed by atoms with Gasteiger partial charge in [-0.1, -0.05) is 6.92 Å². The van der Waals surface area contributed by atoms with E-state index in [1.54, 1.807) is 11.2 Å². The first-order valence-corrected chi connectivity index (χ1v) is 7.18. The Hall–Kier alpha value is -0.170. The van der Waals surface area contributed by atoms with Crippen LogP contribution in [0, 0.1) is 5.92 Å². The molecule has 0 unspecified atom stereocenters. The third kappa shape index (κ3) is 2.25. The molecule has 0 radical (unpaired) electrons. The SMILES string of the molecule is CC1CCN(S(=O)(=O)N2CC(C)(O)C2)CC1. The molecule has 0 aromatic rings. The van der Waals surface area contributed by atoms with Gasteiger partial charge in [-0.15, -0.1) is 0 Å². The van der Waals surface area contributed by atoms with Gasteiger partial charge in [-0.25, -0.2) is 0 Å². The van der Waals surface area contributed by atoms with Crippen LogP contribution in [0.2, 0.25) is 0 Å². The Kier molecular flexibility index (Phi) is 3.03. The van der Waals surface area contributed by atoms with Crippen molar-refractivity contribution in [2.24, 2.45) is 5.92 Å². The van der Waals surface area contributed by atoms with Crippen LogP contribution < -0.4 is 0 Å². The lowest BCUT2D eigenvalue weighted by atomic mass is 10.0. The van der Waals surface area contributed by atoms with Gasteiger partial charge in [0.25, 0.3) is 10.2 Å². The number of aliphatic hydroxyl groups is 1. The number of hydrogen-bond donors (Lipinski definition) is 1.